The first-order chi connectivity index (χ1) is 9.63. The Morgan fingerprint density at radius 2 is 1.80 bits per heavy atom. The summed E-state index contributed by atoms with van der Waals surface area (Å²) in [6.45, 7) is 0.330. The first kappa shape index (κ1) is 14.8. The molecule has 2 rings (SSSR count). The monoisotopic (exact) mass is 312 g/mol. The Labute approximate surface area is 127 Å². The van der Waals surface area contributed by atoms with Gasteiger partial charge in [-0.05, 0) is 35.4 Å². The van der Waals surface area contributed by atoms with Crippen LogP contribution in [0.5, 0.6) is 17.2 Å². The summed E-state index contributed by atoms with van der Waals surface area (Å²) in [5.74, 6) is 1.60. The van der Waals surface area contributed by atoms with Crippen molar-refractivity contribution in [1.29, 1.82) is 0 Å². The molecule has 20 heavy (non-hydrogen) atoms. The van der Waals surface area contributed by atoms with Crippen molar-refractivity contribution in [3.63, 3.8) is 0 Å². The van der Waals surface area contributed by atoms with Crippen molar-refractivity contribution in [3.05, 3.63) is 52.5 Å². The standard InChI is InChI=1S/C15H14Cl2O3/c1-19-14-7-11(8-16)6-13(17)15(14)20-9-10-2-4-12(18)5-3-10/h2-7,18H,8-9H2,1H3. The maximum atomic E-state index is 9.23. The Kier molecular flexibility index (Phi) is 4.99. The Bertz CT molecular complexity index is 582. The minimum atomic E-state index is 0.218. The molecule has 0 atom stereocenters. The molecule has 1 N–H and O–H groups in total. The van der Waals surface area contributed by atoms with Gasteiger partial charge >= 0.3 is 0 Å². The molecule has 0 radical (unpaired) electrons. The van der Waals surface area contributed by atoms with E-state index in [0.717, 1.165) is 11.1 Å². The minimum absolute atomic E-state index is 0.218. The van der Waals surface area contributed by atoms with E-state index in [4.69, 9.17) is 32.7 Å². The lowest BCUT2D eigenvalue weighted by molar-refractivity contribution is 0.284. The number of ether oxygens (including phenoxy) is 2. The maximum Gasteiger partial charge on any atom is 0.180 e. The summed E-state index contributed by atoms with van der Waals surface area (Å²) in [6, 6.07) is 10.3. The summed E-state index contributed by atoms with van der Waals surface area (Å²) < 4.78 is 11.0. The van der Waals surface area contributed by atoms with Crippen molar-refractivity contribution in [2.75, 3.05) is 7.11 Å². The number of methoxy groups -OCH3 is 1. The molecule has 0 aliphatic carbocycles. The van der Waals surface area contributed by atoms with Crippen LogP contribution in [0, 0.1) is 0 Å². The number of alkyl halides is 1. The lowest BCUT2D eigenvalue weighted by Crippen LogP contribution is -1.99. The van der Waals surface area contributed by atoms with Crippen molar-refractivity contribution < 1.29 is 14.6 Å². The molecule has 2 aromatic carbocycles. The summed E-state index contributed by atoms with van der Waals surface area (Å²) in [5, 5.41) is 9.69. The molecule has 0 aliphatic heterocycles. The van der Waals surface area contributed by atoms with Crippen molar-refractivity contribution >= 4 is 23.2 Å². The molecule has 0 fully saturated rings. The Morgan fingerprint density at radius 1 is 1.10 bits per heavy atom. The van der Waals surface area contributed by atoms with Gasteiger partial charge in [-0.15, -0.1) is 11.6 Å². The van der Waals surface area contributed by atoms with Crippen molar-refractivity contribution in [2.45, 2.75) is 12.5 Å². The third-order valence-corrected chi connectivity index (χ3v) is 3.35. The van der Waals surface area contributed by atoms with E-state index in [1.54, 1.807) is 43.5 Å². The van der Waals surface area contributed by atoms with Gasteiger partial charge in [0.1, 0.15) is 12.4 Å². The molecule has 0 amide bonds. The van der Waals surface area contributed by atoms with Crippen LogP contribution in [0.3, 0.4) is 0 Å². The minimum Gasteiger partial charge on any atom is -0.508 e. The molecule has 0 aliphatic rings. The summed E-state index contributed by atoms with van der Waals surface area (Å²) in [5.41, 5.74) is 1.79. The van der Waals surface area contributed by atoms with Gasteiger partial charge in [0.2, 0.25) is 0 Å². The molecule has 0 saturated carbocycles. The van der Waals surface area contributed by atoms with E-state index in [9.17, 15) is 5.11 Å². The summed E-state index contributed by atoms with van der Waals surface area (Å²) >= 11 is 12.0. The number of hydrogen-bond acceptors (Lipinski definition) is 3. The molecule has 0 bridgehead atoms. The van der Waals surface area contributed by atoms with Crippen molar-refractivity contribution in [1.82, 2.24) is 0 Å². The lowest BCUT2D eigenvalue weighted by Gasteiger charge is -2.13. The number of rotatable bonds is 5. The predicted octanol–water partition coefficient (Wildman–Crippen LogP) is 4.37. The first-order valence-corrected chi connectivity index (χ1v) is 6.88. The second-order valence-corrected chi connectivity index (χ2v) is 4.87. The SMILES string of the molecule is COc1cc(CCl)cc(Cl)c1OCc1ccc(O)cc1. The normalized spacial score (nSPS) is 10.3. The van der Waals surface area contributed by atoms with Crippen LogP contribution in [0.1, 0.15) is 11.1 Å². The van der Waals surface area contributed by atoms with E-state index in [0.29, 0.717) is 29.0 Å². The molecule has 106 valence electrons. The molecular formula is C15H14Cl2O3. The zero-order valence-electron chi connectivity index (χ0n) is 10.9. The van der Waals surface area contributed by atoms with E-state index < -0.39 is 0 Å². The van der Waals surface area contributed by atoms with Crippen LogP contribution in [0.25, 0.3) is 0 Å². The molecular weight excluding hydrogens is 299 g/mol. The Balaban J connectivity index is 2.18. The van der Waals surface area contributed by atoms with Crippen LogP contribution in [0.2, 0.25) is 5.02 Å². The molecule has 0 heterocycles. The van der Waals surface area contributed by atoms with Gasteiger partial charge in [0.25, 0.3) is 0 Å². The first-order valence-electron chi connectivity index (χ1n) is 5.97. The fraction of sp³-hybridized carbons (Fsp3) is 0.200. The second-order valence-electron chi connectivity index (χ2n) is 4.20. The van der Waals surface area contributed by atoms with E-state index in [1.807, 2.05) is 0 Å². The van der Waals surface area contributed by atoms with Gasteiger partial charge in [-0.1, -0.05) is 23.7 Å². The van der Waals surface area contributed by atoms with Crippen molar-refractivity contribution in [3.8, 4) is 17.2 Å². The number of halogens is 2. The highest BCUT2D eigenvalue weighted by atomic mass is 35.5. The highest BCUT2D eigenvalue weighted by Crippen LogP contribution is 2.37. The number of hydrogen-bond donors (Lipinski definition) is 1. The lowest BCUT2D eigenvalue weighted by atomic mass is 10.2. The highest BCUT2D eigenvalue weighted by molar-refractivity contribution is 6.32. The van der Waals surface area contributed by atoms with Gasteiger partial charge in [-0.2, -0.15) is 0 Å². The van der Waals surface area contributed by atoms with Gasteiger partial charge in [-0.3, -0.25) is 0 Å². The van der Waals surface area contributed by atoms with Crippen LogP contribution in [0.15, 0.2) is 36.4 Å². The maximum absolute atomic E-state index is 9.23. The van der Waals surface area contributed by atoms with Gasteiger partial charge in [0, 0.05) is 5.88 Å². The number of phenols is 1. The Hall–Kier alpha value is -1.58. The summed E-state index contributed by atoms with van der Waals surface area (Å²) in [4.78, 5) is 0. The largest absolute Gasteiger partial charge is 0.508 e. The third-order valence-electron chi connectivity index (χ3n) is 2.76. The van der Waals surface area contributed by atoms with Crippen LogP contribution in [0.4, 0.5) is 0 Å². The molecule has 0 unspecified atom stereocenters. The van der Waals surface area contributed by atoms with E-state index in [2.05, 4.69) is 0 Å². The van der Waals surface area contributed by atoms with Crippen LogP contribution in [-0.4, -0.2) is 12.2 Å². The smallest absolute Gasteiger partial charge is 0.180 e. The van der Waals surface area contributed by atoms with E-state index in [1.165, 1.54) is 0 Å². The molecule has 2 aromatic rings. The molecule has 5 heteroatoms. The van der Waals surface area contributed by atoms with Gasteiger partial charge in [0.05, 0.1) is 12.1 Å². The van der Waals surface area contributed by atoms with Crippen LogP contribution in [-0.2, 0) is 12.5 Å². The van der Waals surface area contributed by atoms with Gasteiger partial charge < -0.3 is 14.6 Å². The number of benzene rings is 2. The topological polar surface area (TPSA) is 38.7 Å². The fourth-order valence-electron chi connectivity index (χ4n) is 1.74. The summed E-state index contributed by atoms with van der Waals surface area (Å²) in [6.07, 6.45) is 0. The van der Waals surface area contributed by atoms with E-state index in [-0.39, 0.29) is 5.75 Å². The molecule has 3 nitrogen and oxygen atoms in total. The number of phenolic OH excluding ortho intramolecular Hbond substituents is 1. The zero-order valence-corrected chi connectivity index (χ0v) is 12.4. The quantitative estimate of drug-likeness (QED) is 0.833. The molecule has 0 spiro atoms. The number of aromatic hydroxyl groups is 1. The molecule has 0 aromatic heterocycles. The third kappa shape index (κ3) is 3.50. The average molecular weight is 313 g/mol. The van der Waals surface area contributed by atoms with Crippen LogP contribution >= 0.6 is 23.2 Å². The molecule has 0 saturated heterocycles. The Morgan fingerprint density at radius 3 is 2.40 bits per heavy atom. The zero-order chi connectivity index (χ0) is 14.5. The van der Waals surface area contributed by atoms with Crippen molar-refractivity contribution in [2.24, 2.45) is 0 Å². The van der Waals surface area contributed by atoms with Gasteiger partial charge in [-0.25, -0.2) is 0 Å². The van der Waals surface area contributed by atoms with Gasteiger partial charge in [0.15, 0.2) is 11.5 Å². The highest BCUT2D eigenvalue weighted by Gasteiger charge is 2.12. The fourth-order valence-corrected chi connectivity index (χ4v) is 2.18. The second kappa shape index (κ2) is 6.73. The van der Waals surface area contributed by atoms with Crippen LogP contribution < -0.4 is 9.47 Å². The predicted molar refractivity (Wildman–Crippen MR) is 80.0 cm³/mol. The average Bonchev–Trinajstić information content (AvgIpc) is 2.47. The van der Waals surface area contributed by atoms with E-state index >= 15 is 0 Å². The summed E-state index contributed by atoms with van der Waals surface area (Å²) in [7, 11) is 1.55.